The first kappa shape index (κ1) is 32.2. The summed E-state index contributed by atoms with van der Waals surface area (Å²) in [6, 6.07) is 1.09. The lowest BCUT2D eigenvalue weighted by Gasteiger charge is -2.25. The number of hydrogen-bond acceptors (Lipinski definition) is 8. The number of nitrogens with two attached hydrogens (primary N) is 2. The molecule has 4 amide bonds. The van der Waals surface area contributed by atoms with E-state index < -0.39 is 85.0 Å². The summed E-state index contributed by atoms with van der Waals surface area (Å²) < 4.78 is 0. The average molecular weight is 577 g/mol. The Morgan fingerprint density at radius 1 is 0.780 bits per heavy atom. The molecule has 1 heterocycles. The highest BCUT2D eigenvalue weighted by atomic mass is 16.4. The maximum absolute atomic E-state index is 13.4. The van der Waals surface area contributed by atoms with Crippen LogP contribution < -0.4 is 27.4 Å². The van der Waals surface area contributed by atoms with Gasteiger partial charge in [0.25, 0.3) is 0 Å². The van der Waals surface area contributed by atoms with E-state index in [2.05, 4.69) is 20.9 Å². The van der Waals surface area contributed by atoms with Crippen LogP contribution in [-0.2, 0) is 40.0 Å². The number of carbonyl (C=O) groups excluding carboxylic acids is 4. The van der Waals surface area contributed by atoms with Crippen LogP contribution in [0, 0.1) is 0 Å². The Balaban J connectivity index is 2.31. The molecular formula is C25H32N6O10. The predicted molar refractivity (Wildman–Crippen MR) is 141 cm³/mol. The SMILES string of the molecule is NC(=O)CCC(NC(=O)C(Cc1c[nH]c2ccccc12)NC(=O)C(N)CC(=O)O)C(=O)NC(CCC(=O)O)C(=O)O. The third-order valence-electron chi connectivity index (χ3n) is 6.04. The second-order valence-electron chi connectivity index (χ2n) is 9.23. The molecule has 1 aromatic carbocycles. The third-order valence-corrected chi connectivity index (χ3v) is 6.04. The van der Waals surface area contributed by atoms with Crippen molar-refractivity contribution in [2.45, 2.75) is 62.7 Å². The van der Waals surface area contributed by atoms with Crippen LogP contribution in [-0.4, -0.2) is 86.0 Å². The van der Waals surface area contributed by atoms with E-state index in [-0.39, 0.29) is 19.3 Å². The summed E-state index contributed by atoms with van der Waals surface area (Å²) >= 11 is 0. The number of carbonyl (C=O) groups is 7. The molecule has 0 fully saturated rings. The predicted octanol–water partition coefficient (Wildman–Crippen LogP) is -1.82. The summed E-state index contributed by atoms with van der Waals surface area (Å²) in [5.74, 6) is -7.88. The topological polar surface area (TPSA) is 284 Å². The number of nitrogens with one attached hydrogen (secondary N) is 4. The van der Waals surface area contributed by atoms with Gasteiger partial charge in [-0.05, 0) is 24.5 Å². The van der Waals surface area contributed by atoms with Gasteiger partial charge in [0.05, 0.1) is 12.5 Å². The first-order valence-corrected chi connectivity index (χ1v) is 12.4. The number of benzene rings is 1. The Kier molecular flexibility index (Phi) is 11.8. The number of hydrogen-bond donors (Lipinski definition) is 9. The van der Waals surface area contributed by atoms with E-state index in [0.29, 0.717) is 5.56 Å². The van der Waals surface area contributed by atoms with Crippen molar-refractivity contribution in [1.29, 1.82) is 0 Å². The van der Waals surface area contributed by atoms with Gasteiger partial charge in [0, 0.05) is 36.4 Å². The lowest BCUT2D eigenvalue weighted by Crippen LogP contribution is -2.57. The van der Waals surface area contributed by atoms with Gasteiger partial charge in [0.1, 0.15) is 18.1 Å². The molecule has 0 bridgehead atoms. The summed E-state index contributed by atoms with van der Waals surface area (Å²) in [6.45, 7) is 0. The summed E-state index contributed by atoms with van der Waals surface area (Å²) in [4.78, 5) is 86.8. The van der Waals surface area contributed by atoms with Gasteiger partial charge in [0.15, 0.2) is 0 Å². The largest absolute Gasteiger partial charge is 0.481 e. The number of aromatic amines is 1. The second-order valence-corrected chi connectivity index (χ2v) is 9.23. The Morgan fingerprint density at radius 3 is 1.98 bits per heavy atom. The summed E-state index contributed by atoms with van der Waals surface area (Å²) in [7, 11) is 0. The van der Waals surface area contributed by atoms with Crippen LogP contribution in [0.15, 0.2) is 30.5 Å². The van der Waals surface area contributed by atoms with Crippen LogP contribution in [0.5, 0.6) is 0 Å². The van der Waals surface area contributed by atoms with Crippen molar-refractivity contribution < 1.29 is 48.9 Å². The number of carboxylic acids is 3. The maximum atomic E-state index is 13.4. The fraction of sp³-hybridized carbons (Fsp3) is 0.400. The van der Waals surface area contributed by atoms with E-state index in [1.165, 1.54) is 0 Å². The van der Waals surface area contributed by atoms with Gasteiger partial charge in [-0.25, -0.2) is 4.79 Å². The number of primary amides is 1. The molecule has 11 N–H and O–H groups in total. The highest BCUT2D eigenvalue weighted by Crippen LogP contribution is 2.19. The molecule has 0 spiro atoms. The van der Waals surface area contributed by atoms with Crippen LogP contribution in [0.2, 0.25) is 0 Å². The fourth-order valence-electron chi connectivity index (χ4n) is 3.91. The Bertz CT molecular complexity index is 1310. The minimum absolute atomic E-state index is 0.123. The summed E-state index contributed by atoms with van der Waals surface area (Å²) in [5, 5.41) is 34.8. The van der Waals surface area contributed by atoms with Crippen molar-refractivity contribution in [1.82, 2.24) is 20.9 Å². The molecule has 0 saturated heterocycles. The standard InChI is InChI=1S/C25H32N6O10/c26-14(10-21(35)36)22(37)31-18(9-12-11-28-15-4-2-1-3-13(12)15)24(39)29-16(5-7-19(27)32)23(38)30-17(25(40)41)6-8-20(33)34/h1-4,11,14,16-18,28H,5-10,26H2,(H2,27,32)(H,29,39)(H,30,38)(H,31,37)(H,33,34)(H,35,36)(H,40,41). The highest BCUT2D eigenvalue weighted by Gasteiger charge is 2.31. The second kappa shape index (κ2) is 15.0. The van der Waals surface area contributed by atoms with Gasteiger partial charge in [0.2, 0.25) is 23.6 Å². The zero-order valence-corrected chi connectivity index (χ0v) is 21.8. The average Bonchev–Trinajstić information content (AvgIpc) is 3.30. The fourth-order valence-corrected chi connectivity index (χ4v) is 3.91. The molecule has 0 radical (unpaired) electrons. The number of H-pyrrole nitrogens is 1. The van der Waals surface area contributed by atoms with Crippen molar-refractivity contribution >= 4 is 52.4 Å². The first-order chi connectivity index (χ1) is 19.3. The van der Waals surface area contributed by atoms with E-state index >= 15 is 0 Å². The molecule has 2 rings (SSSR count). The van der Waals surface area contributed by atoms with Crippen LogP contribution in [0.25, 0.3) is 10.9 Å². The lowest BCUT2D eigenvalue weighted by atomic mass is 10.0. The van der Waals surface area contributed by atoms with E-state index in [1.807, 2.05) is 0 Å². The molecule has 16 nitrogen and oxygen atoms in total. The van der Waals surface area contributed by atoms with Crippen molar-refractivity contribution in [3.63, 3.8) is 0 Å². The van der Waals surface area contributed by atoms with Crippen molar-refractivity contribution in [3.05, 3.63) is 36.0 Å². The van der Waals surface area contributed by atoms with Gasteiger partial charge in [-0.15, -0.1) is 0 Å². The molecule has 0 saturated carbocycles. The van der Waals surface area contributed by atoms with E-state index in [1.54, 1.807) is 30.5 Å². The molecule has 4 atom stereocenters. The Hall–Kier alpha value is -4.99. The molecule has 0 aliphatic heterocycles. The van der Waals surface area contributed by atoms with E-state index in [9.17, 15) is 38.7 Å². The third kappa shape index (κ3) is 10.2. The van der Waals surface area contributed by atoms with Gasteiger partial charge < -0.3 is 47.7 Å². The van der Waals surface area contributed by atoms with Crippen LogP contribution in [0.3, 0.4) is 0 Å². The van der Waals surface area contributed by atoms with Crippen molar-refractivity contribution in [2.24, 2.45) is 11.5 Å². The normalized spacial score (nSPS) is 13.8. The maximum Gasteiger partial charge on any atom is 0.326 e. The number of carboxylic acid groups (broad SMARTS) is 3. The number of para-hydroxylation sites is 1. The molecule has 0 aliphatic carbocycles. The molecule has 4 unspecified atom stereocenters. The van der Waals surface area contributed by atoms with E-state index in [4.69, 9.17) is 21.7 Å². The molecule has 41 heavy (non-hydrogen) atoms. The zero-order valence-electron chi connectivity index (χ0n) is 21.8. The lowest BCUT2D eigenvalue weighted by molar-refractivity contribution is -0.143. The molecule has 222 valence electrons. The van der Waals surface area contributed by atoms with Gasteiger partial charge in [-0.3, -0.25) is 28.8 Å². The summed E-state index contributed by atoms with van der Waals surface area (Å²) in [5.41, 5.74) is 12.1. The quantitative estimate of drug-likeness (QED) is 0.101. The van der Waals surface area contributed by atoms with Crippen LogP contribution >= 0.6 is 0 Å². The van der Waals surface area contributed by atoms with E-state index in [0.717, 1.165) is 10.9 Å². The summed E-state index contributed by atoms with van der Waals surface area (Å²) in [6.07, 6.45) is -0.978. The molecule has 2 aromatic rings. The van der Waals surface area contributed by atoms with Gasteiger partial charge in [-0.1, -0.05) is 18.2 Å². The zero-order chi connectivity index (χ0) is 30.7. The minimum atomic E-state index is -1.61. The monoisotopic (exact) mass is 576 g/mol. The van der Waals surface area contributed by atoms with Gasteiger partial charge >= 0.3 is 17.9 Å². The smallest absolute Gasteiger partial charge is 0.326 e. The van der Waals surface area contributed by atoms with Crippen LogP contribution in [0.1, 0.15) is 37.7 Å². The number of aromatic nitrogens is 1. The van der Waals surface area contributed by atoms with Crippen LogP contribution in [0.4, 0.5) is 0 Å². The first-order valence-electron chi connectivity index (χ1n) is 12.4. The van der Waals surface area contributed by atoms with Crippen molar-refractivity contribution in [3.8, 4) is 0 Å². The number of fused-ring (bicyclic) bond motifs is 1. The molecule has 1 aromatic heterocycles. The Labute approximate surface area is 232 Å². The highest BCUT2D eigenvalue weighted by molar-refractivity contribution is 5.95. The number of rotatable bonds is 17. The van der Waals surface area contributed by atoms with Gasteiger partial charge in [-0.2, -0.15) is 0 Å². The minimum Gasteiger partial charge on any atom is -0.481 e. The molecule has 0 aliphatic rings. The van der Waals surface area contributed by atoms with Crippen molar-refractivity contribution in [2.75, 3.05) is 0 Å². The number of aliphatic carboxylic acids is 3. The molecule has 16 heteroatoms. The number of amides is 4. The molecular weight excluding hydrogens is 544 g/mol. The Morgan fingerprint density at radius 2 is 1.37 bits per heavy atom.